The molecule has 0 saturated carbocycles. The lowest BCUT2D eigenvalue weighted by Gasteiger charge is -2.17. The van der Waals surface area contributed by atoms with Crippen LogP contribution in [0.5, 0.6) is 5.75 Å². The summed E-state index contributed by atoms with van der Waals surface area (Å²) in [7, 11) is 0. The summed E-state index contributed by atoms with van der Waals surface area (Å²) in [5.74, 6) is -2.06. The van der Waals surface area contributed by atoms with Gasteiger partial charge in [0.15, 0.2) is 17.7 Å². The van der Waals surface area contributed by atoms with Gasteiger partial charge in [-0.2, -0.15) is 0 Å². The number of thiazole rings is 1. The zero-order chi connectivity index (χ0) is 17.9. The van der Waals surface area contributed by atoms with Crippen molar-refractivity contribution in [2.75, 3.05) is 0 Å². The summed E-state index contributed by atoms with van der Waals surface area (Å²) < 4.78 is 18.9. The second-order valence-electron chi connectivity index (χ2n) is 5.19. The number of hydrogen-bond acceptors (Lipinski definition) is 5. The Morgan fingerprint density at radius 2 is 2.00 bits per heavy atom. The van der Waals surface area contributed by atoms with E-state index in [2.05, 4.69) is 10.3 Å². The predicted molar refractivity (Wildman–Crippen MR) is 86.9 cm³/mol. The van der Waals surface area contributed by atoms with Crippen molar-refractivity contribution in [3.05, 3.63) is 45.7 Å². The summed E-state index contributed by atoms with van der Waals surface area (Å²) in [6.07, 6.45) is -0.913. The van der Waals surface area contributed by atoms with Crippen molar-refractivity contribution < 1.29 is 23.8 Å². The maximum Gasteiger partial charge on any atom is 0.347 e. The van der Waals surface area contributed by atoms with Gasteiger partial charge in [0.2, 0.25) is 0 Å². The Morgan fingerprint density at radius 1 is 1.33 bits per heavy atom. The number of hydrogen-bond donors (Lipinski definition) is 2. The van der Waals surface area contributed by atoms with Gasteiger partial charge in [-0.3, -0.25) is 4.79 Å². The number of nitrogens with one attached hydrogen (secondary N) is 1. The van der Waals surface area contributed by atoms with Gasteiger partial charge in [0.1, 0.15) is 9.88 Å². The number of aromatic carboxylic acids is 1. The highest BCUT2D eigenvalue weighted by Crippen LogP contribution is 2.24. The molecule has 2 aromatic rings. The molecule has 0 radical (unpaired) electrons. The summed E-state index contributed by atoms with van der Waals surface area (Å²) in [6.45, 7) is 4.80. The first-order chi connectivity index (χ1) is 11.3. The Bertz CT molecular complexity index is 762. The number of benzene rings is 1. The van der Waals surface area contributed by atoms with Crippen LogP contribution in [0.3, 0.4) is 0 Å². The highest BCUT2D eigenvalue weighted by molar-refractivity contribution is 7.13. The maximum absolute atomic E-state index is 13.5. The summed E-state index contributed by atoms with van der Waals surface area (Å²) in [6, 6.07) is 5.33. The fourth-order valence-electron chi connectivity index (χ4n) is 1.98. The monoisotopic (exact) mass is 352 g/mol. The lowest BCUT2D eigenvalue weighted by atomic mass is 10.3. The van der Waals surface area contributed by atoms with Gasteiger partial charge in [0, 0.05) is 0 Å². The van der Waals surface area contributed by atoms with Crippen molar-refractivity contribution >= 4 is 23.2 Å². The molecule has 2 rings (SSSR count). The first-order valence-corrected chi connectivity index (χ1v) is 8.03. The third-order valence-electron chi connectivity index (χ3n) is 3.25. The fraction of sp³-hybridized carbons (Fsp3) is 0.312. The van der Waals surface area contributed by atoms with Crippen LogP contribution in [-0.4, -0.2) is 28.1 Å². The Labute approximate surface area is 142 Å². The van der Waals surface area contributed by atoms with Gasteiger partial charge in [-0.1, -0.05) is 12.1 Å². The number of aromatic nitrogens is 1. The molecule has 6 nitrogen and oxygen atoms in total. The lowest BCUT2D eigenvalue weighted by Crippen LogP contribution is -2.37. The van der Waals surface area contributed by atoms with Crippen molar-refractivity contribution in [2.45, 2.75) is 32.9 Å². The first kappa shape index (κ1) is 17.9. The minimum Gasteiger partial charge on any atom is -0.478 e. The lowest BCUT2D eigenvalue weighted by molar-refractivity contribution is -0.128. The van der Waals surface area contributed by atoms with Crippen molar-refractivity contribution in [2.24, 2.45) is 0 Å². The van der Waals surface area contributed by atoms with E-state index in [1.807, 2.05) is 0 Å². The van der Waals surface area contributed by atoms with Gasteiger partial charge in [-0.15, -0.1) is 11.3 Å². The number of halogens is 1. The van der Waals surface area contributed by atoms with Crippen molar-refractivity contribution in [3.8, 4) is 5.75 Å². The van der Waals surface area contributed by atoms with E-state index in [9.17, 15) is 14.0 Å². The minimum absolute atomic E-state index is 0.00828. The standard InChI is InChI=1S/C16H17FN2O4S/c1-8-13(16(21)22)24-15(19-8)9(2)18-14(20)10(3)23-12-7-5-4-6-11(12)17/h4-7,9-10H,1-3H3,(H,18,20)(H,21,22). The molecule has 1 aromatic carbocycles. The smallest absolute Gasteiger partial charge is 0.347 e. The molecule has 2 N–H and O–H groups in total. The van der Waals surface area contributed by atoms with Crippen LogP contribution < -0.4 is 10.1 Å². The molecule has 2 atom stereocenters. The second kappa shape index (κ2) is 7.39. The Hall–Kier alpha value is -2.48. The Kier molecular flexibility index (Phi) is 5.50. The molecule has 0 aliphatic heterocycles. The SMILES string of the molecule is Cc1nc(C(C)NC(=O)C(C)Oc2ccccc2F)sc1C(=O)O. The Morgan fingerprint density at radius 3 is 2.58 bits per heavy atom. The van der Waals surface area contributed by atoms with Crippen LogP contribution in [0.2, 0.25) is 0 Å². The second-order valence-corrected chi connectivity index (χ2v) is 6.22. The molecule has 0 bridgehead atoms. The quantitative estimate of drug-likeness (QED) is 0.834. The number of ether oxygens (including phenoxy) is 1. The van der Waals surface area contributed by atoms with Crippen molar-refractivity contribution in [1.82, 2.24) is 10.3 Å². The van der Waals surface area contributed by atoms with Crippen LogP contribution in [0.4, 0.5) is 4.39 Å². The summed E-state index contributed by atoms with van der Waals surface area (Å²) in [5.41, 5.74) is 0.402. The van der Waals surface area contributed by atoms with Crippen LogP contribution in [0.1, 0.15) is 40.3 Å². The summed E-state index contributed by atoms with van der Waals surface area (Å²) in [5, 5.41) is 12.2. The van der Waals surface area contributed by atoms with E-state index in [1.54, 1.807) is 19.9 Å². The molecular weight excluding hydrogens is 335 g/mol. The number of para-hydroxylation sites is 1. The van der Waals surface area contributed by atoms with E-state index in [-0.39, 0.29) is 10.6 Å². The van der Waals surface area contributed by atoms with E-state index in [0.717, 1.165) is 11.3 Å². The number of carbonyl (C=O) groups excluding carboxylic acids is 1. The average Bonchev–Trinajstić information content (AvgIpc) is 2.91. The van der Waals surface area contributed by atoms with Gasteiger partial charge >= 0.3 is 5.97 Å². The molecule has 1 aromatic heterocycles. The van der Waals surface area contributed by atoms with E-state index in [0.29, 0.717) is 10.7 Å². The normalized spacial score (nSPS) is 13.2. The average molecular weight is 352 g/mol. The zero-order valence-electron chi connectivity index (χ0n) is 13.4. The molecule has 128 valence electrons. The molecule has 1 amide bonds. The number of carbonyl (C=O) groups is 2. The van der Waals surface area contributed by atoms with Crippen LogP contribution >= 0.6 is 11.3 Å². The number of aryl methyl sites for hydroxylation is 1. The van der Waals surface area contributed by atoms with Gasteiger partial charge in [0.25, 0.3) is 5.91 Å². The van der Waals surface area contributed by atoms with Gasteiger partial charge in [-0.25, -0.2) is 14.2 Å². The number of rotatable bonds is 6. The molecule has 0 aliphatic rings. The molecule has 1 heterocycles. The zero-order valence-corrected chi connectivity index (χ0v) is 14.2. The van der Waals surface area contributed by atoms with E-state index in [1.165, 1.54) is 25.1 Å². The molecule has 2 unspecified atom stereocenters. The van der Waals surface area contributed by atoms with Gasteiger partial charge < -0.3 is 15.2 Å². The van der Waals surface area contributed by atoms with Crippen molar-refractivity contribution in [3.63, 3.8) is 0 Å². The molecule has 0 spiro atoms. The summed E-state index contributed by atoms with van der Waals surface area (Å²) in [4.78, 5) is 27.5. The Balaban J connectivity index is 2.02. The van der Waals surface area contributed by atoms with Crippen molar-refractivity contribution in [1.29, 1.82) is 0 Å². The molecule has 24 heavy (non-hydrogen) atoms. The topological polar surface area (TPSA) is 88.5 Å². The van der Waals surface area contributed by atoms with Crippen LogP contribution in [0.15, 0.2) is 24.3 Å². The first-order valence-electron chi connectivity index (χ1n) is 7.21. The van der Waals surface area contributed by atoms with E-state index in [4.69, 9.17) is 9.84 Å². The van der Waals surface area contributed by atoms with E-state index < -0.39 is 29.8 Å². The predicted octanol–water partition coefficient (Wildman–Crippen LogP) is 2.93. The number of carboxylic acids is 1. The molecular formula is C16H17FN2O4S. The largest absolute Gasteiger partial charge is 0.478 e. The molecule has 0 aliphatic carbocycles. The van der Waals surface area contributed by atoms with E-state index >= 15 is 0 Å². The third-order valence-corrected chi connectivity index (χ3v) is 4.57. The van der Waals surface area contributed by atoms with Gasteiger partial charge in [0.05, 0.1) is 11.7 Å². The van der Waals surface area contributed by atoms with Gasteiger partial charge in [-0.05, 0) is 32.9 Å². The highest BCUT2D eigenvalue weighted by Gasteiger charge is 2.22. The molecule has 8 heteroatoms. The molecule has 0 fully saturated rings. The van der Waals surface area contributed by atoms with Crippen LogP contribution in [0.25, 0.3) is 0 Å². The van der Waals surface area contributed by atoms with Crippen LogP contribution in [0, 0.1) is 12.7 Å². The number of carboxylic acid groups (broad SMARTS) is 1. The minimum atomic E-state index is -1.05. The number of nitrogens with zero attached hydrogens (tertiary/aromatic N) is 1. The number of amides is 1. The third kappa shape index (κ3) is 4.08. The summed E-state index contributed by atoms with van der Waals surface area (Å²) >= 11 is 1.01. The molecule has 0 saturated heterocycles. The van der Waals surface area contributed by atoms with Crippen LogP contribution in [-0.2, 0) is 4.79 Å². The maximum atomic E-state index is 13.5. The highest BCUT2D eigenvalue weighted by atomic mass is 32.1. The fourth-order valence-corrected chi connectivity index (χ4v) is 2.89.